The van der Waals surface area contributed by atoms with E-state index >= 15 is 0 Å². The molecule has 6 nitrogen and oxygen atoms in total. The Labute approximate surface area is 135 Å². The largest absolute Gasteiger partial charge is 0.444 e. The number of halogens is 1. The summed E-state index contributed by atoms with van der Waals surface area (Å²) in [6, 6.07) is 2.19. The van der Waals surface area contributed by atoms with Crippen molar-refractivity contribution >= 4 is 23.5 Å². The van der Waals surface area contributed by atoms with Gasteiger partial charge in [0.05, 0.1) is 12.1 Å². The van der Waals surface area contributed by atoms with E-state index in [0.717, 1.165) is 31.7 Å². The first kappa shape index (κ1) is 15.3. The molecule has 2 bridgehead atoms. The van der Waals surface area contributed by atoms with Gasteiger partial charge in [0, 0.05) is 19.3 Å². The summed E-state index contributed by atoms with van der Waals surface area (Å²) in [6.07, 6.45) is 3.45. The van der Waals surface area contributed by atoms with Crippen molar-refractivity contribution in [3.05, 3.63) is 17.5 Å². The van der Waals surface area contributed by atoms with Crippen LogP contribution >= 0.6 is 11.6 Å². The SMILES string of the molecule is CC(C)(C)OC(=O)N1C2CCC1CN(c1ccnc(Cl)n1)C2. The van der Waals surface area contributed by atoms with Crippen LogP contribution in [0.15, 0.2) is 12.3 Å². The second-order valence-corrected chi connectivity index (χ2v) is 7.20. The molecule has 0 N–H and O–H groups in total. The molecule has 0 spiro atoms. The number of aromatic nitrogens is 2. The maximum Gasteiger partial charge on any atom is 0.410 e. The summed E-state index contributed by atoms with van der Waals surface area (Å²) in [5, 5.41) is 0.249. The van der Waals surface area contributed by atoms with Crippen LogP contribution in [-0.4, -0.2) is 51.7 Å². The topological polar surface area (TPSA) is 58.6 Å². The zero-order valence-corrected chi connectivity index (χ0v) is 13.9. The monoisotopic (exact) mass is 324 g/mol. The van der Waals surface area contributed by atoms with Gasteiger partial charge < -0.3 is 9.64 Å². The number of carbonyl (C=O) groups excluding carboxylic acids is 1. The van der Waals surface area contributed by atoms with Gasteiger partial charge in [-0.05, 0) is 51.3 Å². The molecule has 7 heteroatoms. The number of hydrogen-bond donors (Lipinski definition) is 0. The van der Waals surface area contributed by atoms with Gasteiger partial charge in [0.25, 0.3) is 0 Å². The standard InChI is InChI=1S/C15H21ClN4O2/c1-15(2,3)22-14(21)20-10-4-5-11(20)9-19(8-10)12-6-7-17-13(16)18-12/h6-7,10-11H,4-5,8-9H2,1-3H3. The molecule has 0 saturated carbocycles. The van der Waals surface area contributed by atoms with Crippen LogP contribution in [0, 0.1) is 0 Å². The summed E-state index contributed by atoms with van der Waals surface area (Å²) in [5.74, 6) is 0.820. The Bertz CT molecular complexity index is 561. The Morgan fingerprint density at radius 1 is 1.32 bits per heavy atom. The predicted molar refractivity (Wildman–Crippen MR) is 84.1 cm³/mol. The van der Waals surface area contributed by atoms with Gasteiger partial charge in [-0.25, -0.2) is 14.8 Å². The molecule has 2 aliphatic rings. The maximum atomic E-state index is 12.4. The fourth-order valence-corrected chi connectivity index (χ4v) is 3.35. The van der Waals surface area contributed by atoms with E-state index in [4.69, 9.17) is 16.3 Å². The first-order chi connectivity index (χ1) is 10.3. The van der Waals surface area contributed by atoms with Crippen LogP contribution in [0.1, 0.15) is 33.6 Å². The van der Waals surface area contributed by atoms with Crippen LogP contribution in [0.25, 0.3) is 0 Å². The highest BCUT2D eigenvalue weighted by Gasteiger charge is 2.44. The zero-order valence-electron chi connectivity index (χ0n) is 13.1. The summed E-state index contributed by atoms with van der Waals surface area (Å²) in [6.45, 7) is 7.19. The van der Waals surface area contributed by atoms with Crippen molar-refractivity contribution in [2.45, 2.75) is 51.3 Å². The van der Waals surface area contributed by atoms with Gasteiger partial charge in [0.2, 0.25) is 5.28 Å². The molecule has 1 aromatic rings. The lowest BCUT2D eigenvalue weighted by molar-refractivity contribution is 0.0122. The number of amides is 1. The van der Waals surface area contributed by atoms with Crippen LogP contribution in [0.2, 0.25) is 5.28 Å². The quantitative estimate of drug-likeness (QED) is 0.743. The summed E-state index contributed by atoms with van der Waals surface area (Å²) >= 11 is 5.87. The summed E-state index contributed by atoms with van der Waals surface area (Å²) in [4.78, 5) is 24.7. The van der Waals surface area contributed by atoms with Gasteiger partial charge >= 0.3 is 6.09 Å². The molecule has 2 fully saturated rings. The molecule has 1 aromatic heterocycles. The Morgan fingerprint density at radius 2 is 1.95 bits per heavy atom. The molecule has 3 heterocycles. The molecule has 0 aliphatic carbocycles. The lowest BCUT2D eigenvalue weighted by atomic mass is 10.2. The number of hydrogen-bond acceptors (Lipinski definition) is 5. The minimum Gasteiger partial charge on any atom is -0.444 e. The molecular weight excluding hydrogens is 304 g/mol. The second-order valence-electron chi connectivity index (χ2n) is 6.86. The van der Waals surface area contributed by atoms with Crippen LogP contribution in [-0.2, 0) is 4.74 Å². The Hall–Kier alpha value is -1.56. The van der Waals surface area contributed by atoms with Crippen LogP contribution < -0.4 is 4.90 Å². The molecule has 120 valence electrons. The van der Waals surface area contributed by atoms with Crippen molar-refractivity contribution in [1.82, 2.24) is 14.9 Å². The number of ether oxygens (including phenoxy) is 1. The minimum atomic E-state index is -0.464. The number of rotatable bonds is 1. The van der Waals surface area contributed by atoms with E-state index in [1.165, 1.54) is 0 Å². The van der Waals surface area contributed by atoms with Crippen LogP contribution in [0.5, 0.6) is 0 Å². The molecule has 2 aliphatic heterocycles. The van der Waals surface area contributed by atoms with E-state index < -0.39 is 5.60 Å². The van der Waals surface area contributed by atoms with Gasteiger partial charge in [0.15, 0.2) is 0 Å². The van der Waals surface area contributed by atoms with Crippen molar-refractivity contribution in [2.75, 3.05) is 18.0 Å². The van der Waals surface area contributed by atoms with Gasteiger partial charge in [-0.2, -0.15) is 0 Å². The first-order valence-corrected chi connectivity index (χ1v) is 7.96. The molecule has 22 heavy (non-hydrogen) atoms. The van der Waals surface area contributed by atoms with E-state index in [-0.39, 0.29) is 23.5 Å². The van der Waals surface area contributed by atoms with Gasteiger partial charge in [-0.15, -0.1) is 0 Å². The minimum absolute atomic E-state index is 0.169. The second kappa shape index (κ2) is 5.57. The summed E-state index contributed by atoms with van der Waals surface area (Å²) < 4.78 is 5.54. The Balaban J connectivity index is 1.73. The van der Waals surface area contributed by atoms with Crippen molar-refractivity contribution in [3.63, 3.8) is 0 Å². The Kier molecular flexibility index (Phi) is 3.89. The van der Waals surface area contributed by atoms with E-state index in [9.17, 15) is 4.79 Å². The van der Waals surface area contributed by atoms with Crippen molar-refractivity contribution in [1.29, 1.82) is 0 Å². The zero-order chi connectivity index (χ0) is 15.9. The molecule has 1 amide bonds. The van der Waals surface area contributed by atoms with E-state index in [2.05, 4.69) is 14.9 Å². The molecule has 2 atom stereocenters. The molecular formula is C15H21ClN4O2. The molecule has 0 radical (unpaired) electrons. The maximum absolute atomic E-state index is 12.4. The summed E-state index contributed by atoms with van der Waals surface area (Å²) in [7, 11) is 0. The normalized spacial score (nSPS) is 24.5. The third-order valence-electron chi connectivity index (χ3n) is 4.02. The Morgan fingerprint density at radius 3 is 2.50 bits per heavy atom. The number of piperazine rings is 1. The first-order valence-electron chi connectivity index (χ1n) is 7.58. The molecule has 2 unspecified atom stereocenters. The van der Waals surface area contributed by atoms with Crippen molar-refractivity contribution < 1.29 is 9.53 Å². The van der Waals surface area contributed by atoms with Gasteiger partial charge in [-0.1, -0.05) is 0 Å². The highest BCUT2D eigenvalue weighted by atomic mass is 35.5. The number of fused-ring (bicyclic) bond motifs is 2. The number of carbonyl (C=O) groups is 1. The van der Waals surface area contributed by atoms with Crippen LogP contribution in [0.3, 0.4) is 0 Å². The third kappa shape index (κ3) is 3.11. The predicted octanol–water partition coefficient (Wildman–Crippen LogP) is 2.72. The molecule has 3 rings (SSSR count). The third-order valence-corrected chi connectivity index (χ3v) is 4.20. The average molecular weight is 325 g/mol. The summed E-state index contributed by atoms with van der Waals surface area (Å²) in [5.41, 5.74) is -0.464. The van der Waals surface area contributed by atoms with Gasteiger partial charge in [0.1, 0.15) is 11.4 Å². The number of anilines is 1. The van der Waals surface area contributed by atoms with Crippen molar-refractivity contribution in [2.24, 2.45) is 0 Å². The van der Waals surface area contributed by atoms with E-state index in [1.807, 2.05) is 31.7 Å². The fourth-order valence-electron chi connectivity index (χ4n) is 3.20. The fraction of sp³-hybridized carbons (Fsp3) is 0.667. The lowest BCUT2D eigenvalue weighted by Crippen LogP contribution is -2.57. The average Bonchev–Trinajstić information content (AvgIpc) is 2.68. The smallest absolute Gasteiger partial charge is 0.410 e. The van der Waals surface area contributed by atoms with E-state index in [1.54, 1.807) is 6.20 Å². The number of nitrogens with zero attached hydrogens (tertiary/aromatic N) is 4. The molecule has 0 aromatic carbocycles. The molecule has 2 saturated heterocycles. The van der Waals surface area contributed by atoms with E-state index in [0.29, 0.717) is 0 Å². The highest BCUT2D eigenvalue weighted by molar-refractivity contribution is 6.28. The van der Waals surface area contributed by atoms with Crippen molar-refractivity contribution in [3.8, 4) is 0 Å². The lowest BCUT2D eigenvalue weighted by Gasteiger charge is -2.41. The van der Waals surface area contributed by atoms with Gasteiger partial charge in [-0.3, -0.25) is 4.90 Å². The van der Waals surface area contributed by atoms with Crippen LogP contribution in [0.4, 0.5) is 10.6 Å². The highest BCUT2D eigenvalue weighted by Crippen LogP contribution is 2.33.